The van der Waals surface area contributed by atoms with E-state index in [0.717, 1.165) is 52.7 Å². The predicted molar refractivity (Wildman–Crippen MR) is 179 cm³/mol. The number of hydrogen-bond donors (Lipinski definition) is 0. The number of fused-ring (bicyclic) bond motifs is 10. The zero-order valence-corrected chi connectivity index (χ0v) is 24.9. The van der Waals surface area contributed by atoms with Gasteiger partial charge in [0.15, 0.2) is 23.0 Å². The maximum absolute atomic E-state index is 6.56. The highest BCUT2D eigenvalue weighted by Gasteiger charge is 2.30. The molecule has 0 bridgehead atoms. The van der Waals surface area contributed by atoms with Crippen molar-refractivity contribution in [2.24, 2.45) is 0 Å². The number of para-hydroxylation sites is 4. The van der Waals surface area contributed by atoms with E-state index in [0.29, 0.717) is 0 Å². The average Bonchev–Trinajstić information content (AvgIpc) is 3.55. The molecule has 4 nitrogen and oxygen atoms in total. The molecule has 3 aliphatic rings. The van der Waals surface area contributed by atoms with Crippen molar-refractivity contribution in [1.82, 2.24) is 9.13 Å². The zero-order chi connectivity index (χ0) is 29.3. The van der Waals surface area contributed by atoms with Gasteiger partial charge in [0.2, 0.25) is 0 Å². The largest absolute Gasteiger partial charge is 0.453 e. The lowest BCUT2D eigenvalue weighted by Crippen LogP contribution is -2.14. The van der Waals surface area contributed by atoms with Crippen molar-refractivity contribution in [3.8, 4) is 34.4 Å². The highest BCUT2D eigenvalue weighted by atomic mass is 16.5. The first kappa shape index (κ1) is 24.2. The number of benzene rings is 5. The molecule has 0 radical (unpaired) electrons. The third-order valence-electron chi connectivity index (χ3n) is 9.78. The zero-order valence-electron chi connectivity index (χ0n) is 24.9. The summed E-state index contributed by atoms with van der Waals surface area (Å²) < 4.78 is 17.7. The Morgan fingerprint density at radius 1 is 0.591 bits per heavy atom. The summed E-state index contributed by atoms with van der Waals surface area (Å²) in [4.78, 5) is 0. The molecule has 0 atom stereocenters. The molecule has 7 aromatic rings. The number of rotatable bonds is 1. The lowest BCUT2D eigenvalue weighted by atomic mass is 9.86. The van der Waals surface area contributed by atoms with Crippen molar-refractivity contribution < 1.29 is 9.47 Å². The highest BCUT2D eigenvalue weighted by molar-refractivity contribution is 6.13. The second-order valence-electron chi connectivity index (χ2n) is 13.3. The third kappa shape index (κ3) is 3.12. The quantitative estimate of drug-likeness (QED) is 0.196. The molecule has 0 N–H and O–H groups in total. The molecule has 212 valence electrons. The van der Waals surface area contributed by atoms with E-state index in [1.807, 2.05) is 12.1 Å². The summed E-state index contributed by atoms with van der Waals surface area (Å²) in [6.45, 7) is 6.76. The molecule has 0 spiro atoms. The Morgan fingerprint density at radius 2 is 1.32 bits per heavy atom. The second-order valence-corrected chi connectivity index (χ2v) is 13.3. The van der Waals surface area contributed by atoms with Crippen LogP contribution in [0.5, 0.6) is 23.0 Å². The Morgan fingerprint density at radius 3 is 2.16 bits per heavy atom. The average molecular weight is 571 g/mol. The van der Waals surface area contributed by atoms with Gasteiger partial charge in [0, 0.05) is 27.4 Å². The van der Waals surface area contributed by atoms with E-state index < -0.39 is 0 Å². The summed E-state index contributed by atoms with van der Waals surface area (Å²) in [5.41, 5.74) is 12.4. The molecule has 4 heteroatoms. The van der Waals surface area contributed by atoms with E-state index in [2.05, 4.69) is 121 Å². The van der Waals surface area contributed by atoms with Gasteiger partial charge in [-0.05, 0) is 89.6 Å². The molecule has 10 rings (SSSR count). The van der Waals surface area contributed by atoms with Gasteiger partial charge in [-0.2, -0.15) is 0 Å². The van der Waals surface area contributed by atoms with E-state index in [9.17, 15) is 0 Å². The smallest absolute Gasteiger partial charge is 0.152 e. The van der Waals surface area contributed by atoms with Crippen LogP contribution in [0.1, 0.15) is 49.6 Å². The van der Waals surface area contributed by atoms with Gasteiger partial charge in [0.1, 0.15) is 0 Å². The Kier molecular flexibility index (Phi) is 4.54. The first-order valence-corrected chi connectivity index (χ1v) is 15.5. The molecule has 44 heavy (non-hydrogen) atoms. The lowest BCUT2D eigenvalue weighted by molar-refractivity contribution is 0.470. The lowest BCUT2D eigenvalue weighted by Gasteiger charge is -2.26. The molecule has 0 amide bonds. The number of nitrogens with zero attached hydrogens (tertiary/aromatic N) is 2. The van der Waals surface area contributed by atoms with Gasteiger partial charge in [0.25, 0.3) is 0 Å². The fourth-order valence-electron chi connectivity index (χ4n) is 7.65. The second kappa shape index (κ2) is 8.23. The van der Waals surface area contributed by atoms with Gasteiger partial charge in [-0.1, -0.05) is 69.3 Å². The molecule has 2 aromatic heterocycles. The standard InChI is InChI=1S/C40H30N2O2/c1-40(2,3)25-16-19-33-37(22-25)44-36-13-7-9-27-29-21-24(15-18-31(29)42(33)39(27)36)23-14-17-30-28(20-23)26-8-6-12-35-38(26)41(30)32-10-4-5-11-34(32)43-35/h4-14,16-17,19-22H,15,18H2,1-3H3. The van der Waals surface area contributed by atoms with E-state index in [4.69, 9.17) is 9.47 Å². The SMILES string of the molecule is CC(C)(C)c1ccc2c(c1)Oc1cccc3c4c(n-2c13)CCC(c1ccc2c(c1)c1cccc3c1n2-c1ccccc1O3)=C4. The van der Waals surface area contributed by atoms with E-state index in [1.165, 1.54) is 55.1 Å². The van der Waals surface area contributed by atoms with Crippen molar-refractivity contribution in [1.29, 1.82) is 0 Å². The number of aromatic nitrogens is 2. The summed E-state index contributed by atoms with van der Waals surface area (Å²) in [7, 11) is 0. The first-order chi connectivity index (χ1) is 21.4. The normalized spacial score (nSPS) is 14.6. The summed E-state index contributed by atoms with van der Waals surface area (Å²) in [6.07, 6.45) is 4.38. The topological polar surface area (TPSA) is 28.3 Å². The Hall–Kier alpha value is -5.22. The van der Waals surface area contributed by atoms with Crippen molar-refractivity contribution in [2.75, 3.05) is 0 Å². The Labute approximate surface area is 255 Å². The van der Waals surface area contributed by atoms with Crippen molar-refractivity contribution in [2.45, 2.75) is 39.0 Å². The molecule has 2 aliphatic heterocycles. The first-order valence-electron chi connectivity index (χ1n) is 15.5. The highest BCUT2D eigenvalue weighted by Crippen LogP contribution is 2.49. The maximum Gasteiger partial charge on any atom is 0.152 e. The molecule has 4 heterocycles. The van der Waals surface area contributed by atoms with Gasteiger partial charge in [-0.15, -0.1) is 0 Å². The van der Waals surface area contributed by atoms with Crippen LogP contribution in [0.25, 0.3) is 55.7 Å². The number of ether oxygens (including phenoxy) is 2. The fourth-order valence-corrected chi connectivity index (χ4v) is 7.65. The molecular weight excluding hydrogens is 540 g/mol. The van der Waals surface area contributed by atoms with Crippen molar-refractivity contribution in [3.63, 3.8) is 0 Å². The maximum atomic E-state index is 6.56. The summed E-state index contributed by atoms with van der Waals surface area (Å²) in [6, 6.07) is 34.9. The number of hydrogen-bond acceptors (Lipinski definition) is 2. The molecule has 5 aromatic carbocycles. The van der Waals surface area contributed by atoms with Crippen molar-refractivity contribution >= 4 is 44.4 Å². The van der Waals surface area contributed by atoms with Crippen LogP contribution in [0.4, 0.5) is 0 Å². The van der Waals surface area contributed by atoms with E-state index in [1.54, 1.807) is 0 Å². The molecule has 0 fully saturated rings. The summed E-state index contributed by atoms with van der Waals surface area (Å²) in [5, 5.41) is 3.73. The fraction of sp³-hybridized carbons (Fsp3) is 0.150. The summed E-state index contributed by atoms with van der Waals surface area (Å²) in [5.74, 6) is 3.68. The summed E-state index contributed by atoms with van der Waals surface area (Å²) >= 11 is 0. The monoisotopic (exact) mass is 570 g/mol. The minimum Gasteiger partial charge on any atom is -0.453 e. The van der Waals surface area contributed by atoms with Gasteiger partial charge >= 0.3 is 0 Å². The molecule has 0 saturated carbocycles. The van der Waals surface area contributed by atoms with Gasteiger partial charge in [0.05, 0.1) is 27.9 Å². The Balaban J connectivity index is 1.16. The minimum atomic E-state index is 0.0571. The molecule has 0 unspecified atom stereocenters. The van der Waals surface area contributed by atoms with Crippen LogP contribution in [-0.2, 0) is 11.8 Å². The van der Waals surface area contributed by atoms with Crippen LogP contribution in [0.2, 0.25) is 0 Å². The van der Waals surface area contributed by atoms with Crippen LogP contribution in [0.3, 0.4) is 0 Å². The predicted octanol–water partition coefficient (Wildman–Crippen LogP) is 10.7. The van der Waals surface area contributed by atoms with E-state index >= 15 is 0 Å². The third-order valence-corrected chi connectivity index (χ3v) is 9.78. The molecular formula is C40H30N2O2. The van der Waals surface area contributed by atoms with Crippen LogP contribution in [0, 0.1) is 0 Å². The van der Waals surface area contributed by atoms with Crippen LogP contribution >= 0.6 is 0 Å². The van der Waals surface area contributed by atoms with Crippen LogP contribution in [0.15, 0.2) is 97.1 Å². The van der Waals surface area contributed by atoms with Gasteiger partial charge in [-0.25, -0.2) is 0 Å². The van der Waals surface area contributed by atoms with Gasteiger partial charge in [-0.3, -0.25) is 0 Å². The van der Waals surface area contributed by atoms with Crippen molar-refractivity contribution in [3.05, 3.63) is 119 Å². The van der Waals surface area contributed by atoms with Crippen LogP contribution < -0.4 is 9.47 Å². The van der Waals surface area contributed by atoms with Gasteiger partial charge < -0.3 is 18.6 Å². The van der Waals surface area contributed by atoms with Crippen LogP contribution in [-0.4, -0.2) is 9.13 Å². The van der Waals surface area contributed by atoms with E-state index in [-0.39, 0.29) is 5.41 Å². The molecule has 1 aliphatic carbocycles. The number of allylic oxidation sites excluding steroid dienone is 1. The Bertz CT molecular complexity index is 2430. The molecule has 0 saturated heterocycles. The minimum absolute atomic E-state index is 0.0571.